The van der Waals surface area contributed by atoms with Crippen molar-refractivity contribution in [3.8, 4) is 0 Å². The third-order valence-electron chi connectivity index (χ3n) is 5.73. The van der Waals surface area contributed by atoms with E-state index in [-0.39, 0.29) is 24.4 Å². The second-order valence-electron chi connectivity index (χ2n) is 7.72. The smallest absolute Gasteiger partial charge is 0.224 e. The molecule has 1 unspecified atom stereocenters. The molecule has 0 N–H and O–H groups in total. The molecule has 0 radical (unpaired) electrons. The van der Waals surface area contributed by atoms with Crippen LogP contribution >= 0.6 is 0 Å². The maximum absolute atomic E-state index is 14.0. The fourth-order valence-electron chi connectivity index (χ4n) is 4.17. The number of para-hydroxylation sites is 2. The first-order valence-corrected chi connectivity index (χ1v) is 10.1. The van der Waals surface area contributed by atoms with E-state index in [0.29, 0.717) is 25.9 Å². The van der Waals surface area contributed by atoms with Crippen LogP contribution in [0, 0.1) is 24.5 Å². The maximum Gasteiger partial charge on any atom is 0.224 e. The molecule has 0 bridgehead atoms. The molecule has 1 saturated heterocycles. The Bertz CT molecular complexity index is 1110. The number of carbonyl (C=O) groups excluding carboxylic acids is 2. The van der Waals surface area contributed by atoms with Gasteiger partial charge in [0, 0.05) is 32.0 Å². The highest BCUT2D eigenvalue weighted by Gasteiger charge is 2.30. The Morgan fingerprint density at radius 1 is 1.17 bits per heavy atom. The van der Waals surface area contributed by atoms with Crippen molar-refractivity contribution in [2.24, 2.45) is 5.92 Å². The van der Waals surface area contributed by atoms with Gasteiger partial charge in [-0.05, 0) is 50.1 Å². The van der Waals surface area contributed by atoms with E-state index >= 15 is 0 Å². The molecular weight excluding hydrogens is 388 g/mol. The third kappa shape index (κ3) is 3.97. The average Bonchev–Trinajstić information content (AvgIpc) is 3.08. The summed E-state index contributed by atoms with van der Waals surface area (Å²) in [7, 11) is 0. The Kier molecular flexibility index (Phi) is 5.61. The zero-order chi connectivity index (χ0) is 21.3. The van der Waals surface area contributed by atoms with E-state index in [1.54, 1.807) is 4.90 Å². The van der Waals surface area contributed by atoms with Gasteiger partial charge in [-0.3, -0.25) is 9.59 Å². The summed E-state index contributed by atoms with van der Waals surface area (Å²) in [5.74, 6) is -1.55. The number of nitrogens with zero attached hydrogens (tertiary/aromatic N) is 3. The SMILES string of the molecule is Cc1nc2ccccc2n1CCC(=O)N1CCCC(C(=O)c2cc(F)ccc2F)C1. The number of piperidine rings is 1. The number of fused-ring (bicyclic) bond motifs is 1. The molecule has 0 spiro atoms. The van der Waals surface area contributed by atoms with E-state index in [9.17, 15) is 18.4 Å². The summed E-state index contributed by atoms with van der Waals surface area (Å²) in [6.07, 6.45) is 1.51. The number of aromatic nitrogens is 2. The lowest BCUT2D eigenvalue weighted by molar-refractivity contribution is -0.132. The van der Waals surface area contributed by atoms with E-state index in [1.165, 1.54) is 0 Å². The Balaban J connectivity index is 1.43. The van der Waals surface area contributed by atoms with Crippen molar-refractivity contribution in [3.05, 3.63) is 65.5 Å². The first kappa shape index (κ1) is 20.2. The first-order chi connectivity index (χ1) is 14.4. The molecule has 1 amide bonds. The molecule has 1 aromatic heterocycles. The quantitative estimate of drug-likeness (QED) is 0.593. The van der Waals surface area contributed by atoms with Crippen molar-refractivity contribution in [2.75, 3.05) is 13.1 Å². The van der Waals surface area contributed by atoms with Gasteiger partial charge in [0.1, 0.15) is 17.5 Å². The predicted octanol–water partition coefficient (Wildman–Crippen LogP) is 4.13. The molecule has 1 atom stereocenters. The molecule has 5 nitrogen and oxygen atoms in total. The van der Waals surface area contributed by atoms with Crippen LogP contribution in [0.2, 0.25) is 0 Å². The van der Waals surface area contributed by atoms with Crippen molar-refractivity contribution < 1.29 is 18.4 Å². The standard InChI is InChI=1S/C23H23F2N3O2/c1-15-26-20-6-2-3-7-21(20)28(15)12-10-22(29)27-11-4-5-16(14-27)23(30)18-13-17(24)8-9-19(18)25/h2-3,6-9,13,16H,4-5,10-12,14H2,1H3. The van der Waals surface area contributed by atoms with Gasteiger partial charge in [0.15, 0.2) is 5.78 Å². The fraction of sp³-hybridized carbons (Fsp3) is 0.348. The molecular formula is C23H23F2N3O2. The number of amides is 1. The highest BCUT2D eigenvalue weighted by molar-refractivity contribution is 5.98. The highest BCUT2D eigenvalue weighted by atomic mass is 19.1. The van der Waals surface area contributed by atoms with Crippen molar-refractivity contribution in [1.82, 2.24) is 14.5 Å². The number of rotatable bonds is 5. The number of hydrogen-bond donors (Lipinski definition) is 0. The van der Waals surface area contributed by atoms with Crippen LogP contribution in [0.3, 0.4) is 0 Å². The number of Topliss-reactive ketones (excluding diaryl/α,β-unsaturated/α-hetero) is 1. The van der Waals surface area contributed by atoms with E-state index < -0.39 is 23.3 Å². The van der Waals surface area contributed by atoms with Crippen molar-refractivity contribution in [3.63, 3.8) is 0 Å². The number of benzene rings is 2. The van der Waals surface area contributed by atoms with Gasteiger partial charge in [0.25, 0.3) is 0 Å². The topological polar surface area (TPSA) is 55.2 Å². The van der Waals surface area contributed by atoms with Gasteiger partial charge in [0.2, 0.25) is 5.91 Å². The Morgan fingerprint density at radius 2 is 1.97 bits per heavy atom. The summed E-state index contributed by atoms with van der Waals surface area (Å²) >= 11 is 0. The van der Waals surface area contributed by atoms with Crippen LogP contribution < -0.4 is 0 Å². The second-order valence-corrected chi connectivity index (χ2v) is 7.72. The van der Waals surface area contributed by atoms with Gasteiger partial charge >= 0.3 is 0 Å². The lowest BCUT2D eigenvalue weighted by Crippen LogP contribution is -2.42. The second kappa shape index (κ2) is 8.34. The molecule has 0 saturated carbocycles. The van der Waals surface area contributed by atoms with Crippen LogP contribution in [0.15, 0.2) is 42.5 Å². The number of imidazole rings is 1. The minimum absolute atomic E-state index is 0.0515. The molecule has 4 rings (SSSR count). The minimum Gasteiger partial charge on any atom is -0.342 e. The molecule has 3 aromatic rings. The van der Waals surface area contributed by atoms with Crippen LogP contribution in [-0.2, 0) is 11.3 Å². The molecule has 7 heteroatoms. The van der Waals surface area contributed by atoms with Gasteiger partial charge in [-0.15, -0.1) is 0 Å². The molecule has 1 aliphatic heterocycles. The molecule has 0 aliphatic carbocycles. The molecule has 30 heavy (non-hydrogen) atoms. The zero-order valence-electron chi connectivity index (χ0n) is 16.8. The molecule has 1 aliphatic rings. The molecule has 156 valence electrons. The summed E-state index contributed by atoms with van der Waals surface area (Å²) in [4.78, 5) is 31.7. The summed E-state index contributed by atoms with van der Waals surface area (Å²) in [6, 6.07) is 10.7. The van der Waals surface area contributed by atoms with Gasteiger partial charge in [-0.1, -0.05) is 12.1 Å². The highest BCUT2D eigenvalue weighted by Crippen LogP contribution is 2.24. The normalized spacial score (nSPS) is 16.8. The summed E-state index contributed by atoms with van der Waals surface area (Å²) in [5, 5.41) is 0. The summed E-state index contributed by atoms with van der Waals surface area (Å²) < 4.78 is 29.5. The van der Waals surface area contributed by atoms with Crippen LogP contribution in [0.25, 0.3) is 11.0 Å². The largest absolute Gasteiger partial charge is 0.342 e. The van der Waals surface area contributed by atoms with Crippen LogP contribution in [0.1, 0.15) is 35.4 Å². The third-order valence-corrected chi connectivity index (χ3v) is 5.73. The lowest BCUT2D eigenvalue weighted by atomic mass is 9.89. The number of aryl methyl sites for hydroxylation is 2. The van der Waals surface area contributed by atoms with Crippen LogP contribution in [0.4, 0.5) is 8.78 Å². The zero-order valence-corrected chi connectivity index (χ0v) is 16.8. The Morgan fingerprint density at radius 3 is 2.80 bits per heavy atom. The van der Waals surface area contributed by atoms with Gasteiger partial charge < -0.3 is 9.47 Å². The van der Waals surface area contributed by atoms with Crippen molar-refractivity contribution in [2.45, 2.75) is 32.7 Å². The monoisotopic (exact) mass is 411 g/mol. The number of hydrogen-bond acceptors (Lipinski definition) is 3. The van der Waals surface area contributed by atoms with E-state index in [2.05, 4.69) is 4.98 Å². The Labute approximate surface area is 173 Å². The Hall–Kier alpha value is -3.09. The van der Waals surface area contributed by atoms with Crippen molar-refractivity contribution in [1.29, 1.82) is 0 Å². The summed E-state index contributed by atoms with van der Waals surface area (Å²) in [5.41, 5.74) is 1.63. The van der Waals surface area contributed by atoms with Crippen LogP contribution in [-0.4, -0.2) is 39.2 Å². The molecule has 2 heterocycles. The lowest BCUT2D eigenvalue weighted by Gasteiger charge is -2.32. The predicted molar refractivity (Wildman–Crippen MR) is 109 cm³/mol. The number of likely N-dealkylation sites (tertiary alicyclic amines) is 1. The van der Waals surface area contributed by atoms with Crippen molar-refractivity contribution >= 4 is 22.7 Å². The van der Waals surface area contributed by atoms with E-state index in [1.807, 2.05) is 35.8 Å². The average molecular weight is 411 g/mol. The number of carbonyl (C=O) groups is 2. The van der Waals surface area contributed by atoms with Gasteiger partial charge in [0.05, 0.1) is 16.6 Å². The van der Waals surface area contributed by atoms with Crippen LogP contribution in [0.5, 0.6) is 0 Å². The maximum atomic E-state index is 14.0. The molecule has 1 fully saturated rings. The molecule has 2 aromatic carbocycles. The minimum atomic E-state index is -0.729. The number of ketones is 1. The summed E-state index contributed by atoms with van der Waals surface area (Å²) in [6.45, 7) is 3.21. The van der Waals surface area contributed by atoms with Gasteiger partial charge in [-0.25, -0.2) is 13.8 Å². The first-order valence-electron chi connectivity index (χ1n) is 10.1. The number of halogens is 2. The van der Waals surface area contributed by atoms with E-state index in [0.717, 1.165) is 35.1 Å². The fourth-order valence-corrected chi connectivity index (χ4v) is 4.17. The van der Waals surface area contributed by atoms with E-state index in [4.69, 9.17) is 0 Å². The van der Waals surface area contributed by atoms with Gasteiger partial charge in [-0.2, -0.15) is 0 Å².